The van der Waals surface area contributed by atoms with Gasteiger partial charge in [0.25, 0.3) is 5.91 Å². The predicted molar refractivity (Wildman–Crippen MR) is 73.9 cm³/mol. The summed E-state index contributed by atoms with van der Waals surface area (Å²) in [5.74, 6) is 0.0519. The molecule has 0 saturated carbocycles. The first-order valence-electron chi connectivity index (χ1n) is 6.27. The average molecular weight is 254 g/mol. The lowest BCUT2D eigenvalue weighted by Gasteiger charge is -2.04. The highest BCUT2D eigenvalue weighted by Gasteiger charge is 2.10. The van der Waals surface area contributed by atoms with Crippen LogP contribution in [0.2, 0.25) is 0 Å². The Kier molecular flexibility index (Phi) is 6.22. The quantitative estimate of drug-likeness (QED) is 0.733. The van der Waals surface area contributed by atoms with E-state index in [0.29, 0.717) is 6.54 Å². The van der Waals surface area contributed by atoms with Gasteiger partial charge in [-0.1, -0.05) is 13.8 Å². The maximum Gasteiger partial charge on any atom is 0.261 e. The monoisotopic (exact) mass is 254 g/mol. The van der Waals surface area contributed by atoms with Gasteiger partial charge in [0.05, 0.1) is 4.88 Å². The highest BCUT2D eigenvalue weighted by Crippen LogP contribution is 2.21. The molecule has 0 aromatic carbocycles. The first-order valence-corrected chi connectivity index (χ1v) is 7.08. The van der Waals surface area contributed by atoms with E-state index in [1.54, 1.807) is 11.3 Å². The summed E-state index contributed by atoms with van der Waals surface area (Å²) in [6, 6.07) is 1.98. The Morgan fingerprint density at radius 1 is 1.29 bits per heavy atom. The predicted octanol–water partition coefficient (Wildman–Crippen LogP) is 2.35. The largest absolute Gasteiger partial charge is 0.350 e. The maximum atomic E-state index is 11.8. The van der Waals surface area contributed by atoms with Gasteiger partial charge in [0, 0.05) is 18.0 Å². The number of hydrogen-bond acceptors (Lipinski definition) is 3. The summed E-state index contributed by atoms with van der Waals surface area (Å²) in [6.07, 6.45) is 2.12. The summed E-state index contributed by atoms with van der Waals surface area (Å²) >= 11 is 1.60. The molecule has 96 valence electrons. The Balaban J connectivity index is 2.36. The fourth-order valence-corrected chi connectivity index (χ4v) is 2.67. The summed E-state index contributed by atoms with van der Waals surface area (Å²) < 4.78 is 0. The lowest BCUT2D eigenvalue weighted by Crippen LogP contribution is -2.31. The van der Waals surface area contributed by atoms with E-state index < -0.39 is 0 Å². The zero-order valence-corrected chi connectivity index (χ0v) is 11.7. The van der Waals surface area contributed by atoms with Crippen LogP contribution >= 0.6 is 11.3 Å². The van der Waals surface area contributed by atoms with Gasteiger partial charge in [-0.3, -0.25) is 4.79 Å². The molecule has 0 fully saturated rings. The van der Waals surface area contributed by atoms with Crippen molar-refractivity contribution in [2.45, 2.75) is 33.6 Å². The van der Waals surface area contributed by atoms with Crippen LogP contribution in [0.5, 0.6) is 0 Å². The maximum absolute atomic E-state index is 11.8. The number of carbonyl (C=O) groups is 1. The Morgan fingerprint density at radius 2 is 2.06 bits per heavy atom. The first kappa shape index (κ1) is 14.2. The van der Waals surface area contributed by atoms with Crippen molar-refractivity contribution in [1.29, 1.82) is 0 Å². The molecule has 1 rings (SSSR count). The molecule has 0 unspecified atom stereocenters. The van der Waals surface area contributed by atoms with E-state index in [4.69, 9.17) is 0 Å². The van der Waals surface area contributed by atoms with E-state index in [2.05, 4.69) is 31.4 Å². The Labute approximate surface area is 108 Å². The second-order valence-corrected chi connectivity index (χ2v) is 5.21. The zero-order valence-electron chi connectivity index (χ0n) is 10.9. The SMILES string of the molecule is CCCNCCNC(=O)c1cc(C)c(CC)s1. The second-order valence-electron chi connectivity index (χ2n) is 4.08. The van der Waals surface area contributed by atoms with Crippen molar-refractivity contribution in [1.82, 2.24) is 10.6 Å². The smallest absolute Gasteiger partial charge is 0.261 e. The molecule has 0 atom stereocenters. The van der Waals surface area contributed by atoms with Gasteiger partial charge in [0.15, 0.2) is 0 Å². The van der Waals surface area contributed by atoms with E-state index in [0.717, 1.165) is 30.8 Å². The normalized spacial score (nSPS) is 10.5. The summed E-state index contributed by atoms with van der Waals surface area (Å²) in [5.41, 5.74) is 1.23. The third kappa shape index (κ3) is 4.48. The molecule has 0 saturated heterocycles. The lowest BCUT2D eigenvalue weighted by molar-refractivity contribution is 0.0958. The minimum Gasteiger partial charge on any atom is -0.350 e. The van der Waals surface area contributed by atoms with Crippen LogP contribution in [-0.4, -0.2) is 25.5 Å². The van der Waals surface area contributed by atoms with Gasteiger partial charge in [-0.05, 0) is 37.9 Å². The summed E-state index contributed by atoms with van der Waals surface area (Å²) in [7, 11) is 0. The van der Waals surface area contributed by atoms with Gasteiger partial charge in [-0.25, -0.2) is 0 Å². The molecule has 1 aromatic rings. The van der Waals surface area contributed by atoms with E-state index in [1.165, 1.54) is 10.4 Å². The van der Waals surface area contributed by atoms with Gasteiger partial charge < -0.3 is 10.6 Å². The van der Waals surface area contributed by atoms with Crippen molar-refractivity contribution in [3.63, 3.8) is 0 Å². The van der Waals surface area contributed by atoms with E-state index in [9.17, 15) is 4.79 Å². The minimum absolute atomic E-state index is 0.0519. The van der Waals surface area contributed by atoms with Crippen molar-refractivity contribution in [2.24, 2.45) is 0 Å². The molecule has 0 aliphatic rings. The van der Waals surface area contributed by atoms with Crippen LogP contribution in [-0.2, 0) is 6.42 Å². The Hall–Kier alpha value is -0.870. The topological polar surface area (TPSA) is 41.1 Å². The Morgan fingerprint density at radius 3 is 2.65 bits per heavy atom. The van der Waals surface area contributed by atoms with Gasteiger partial charge in [0.2, 0.25) is 0 Å². The van der Waals surface area contributed by atoms with Crippen molar-refractivity contribution in [3.05, 3.63) is 21.4 Å². The molecule has 17 heavy (non-hydrogen) atoms. The molecule has 1 amide bonds. The third-order valence-electron chi connectivity index (χ3n) is 2.58. The lowest BCUT2D eigenvalue weighted by atomic mass is 10.2. The molecule has 1 heterocycles. The molecule has 1 aromatic heterocycles. The Bertz CT molecular complexity index is 360. The van der Waals surface area contributed by atoms with Gasteiger partial charge in [-0.2, -0.15) is 0 Å². The molecule has 0 radical (unpaired) electrons. The van der Waals surface area contributed by atoms with E-state index in [-0.39, 0.29) is 5.91 Å². The molecular formula is C13H22N2OS. The van der Waals surface area contributed by atoms with Crippen LogP contribution in [0, 0.1) is 6.92 Å². The van der Waals surface area contributed by atoms with Gasteiger partial charge >= 0.3 is 0 Å². The van der Waals surface area contributed by atoms with Crippen molar-refractivity contribution >= 4 is 17.2 Å². The standard InChI is InChI=1S/C13H22N2OS/c1-4-6-14-7-8-15-13(16)12-9-10(3)11(5-2)17-12/h9,14H,4-8H2,1-3H3,(H,15,16). The van der Waals surface area contributed by atoms with Crippen LogP contribution in [0.4, 0.5) is 0 Å². The summed E-state index contributed by atoms with van der Waals surface area (Å²) in [5, 5.41) is 6.19. The van der Waals surface area contributed by atoms with Crippen LogP contribution < -0.4 is 10.6 Å². The molecule has 3 nitrogen and oxygen atoms in total. The number of carbonyl (C=O) groups excluding carboxylic acids is 1. The van der Waals surface area contributed by atoms with Crippen LogP contribution in [0.1, 0.15) is 40.4 Å². The number of nitrogens with one attached hydrogen (secondary N) is 2. The van der Waals surface area contributed by atoms with Crippen LogP contribution in [0.25, 0.3) is 0 Å². The number of amides is 1. The molecular weight excluding hydrogens is 232 g/mol. The van der Waals surface area contributed by atoms with Crippen LogP contribution in [0.15, 0.2) is 6.07 Å². The minimum atomic E-state index is 0.0519. The number of aryl methyl sites for hydroxylation is 2. The summed E-state index contributed by atoms with van der Waals surface area (Å²) in [6.45, 7) is 8.85. The molecule has 0 spiro atoms. The van der Waals surface area contributed by atoms with Crippen molar-refractivity contribution in [2.75, 3.05) is 19.6 Å². The molecule has 0 aliphatic heterocycles. The molecule has 4 heteroatoms. The number of thiophene rings is 1. The number of hydrogen-bond donors (Lipinski definition) is 2. The van der Waals surface area contributed by atoms with Gasteiger partial charge in [-0.15, -0.1) is 11.3 Å². The number of rotatable bonds is 7. The van der Waals surface area contributed by atoms with Crippen molar-refractivity contribution in [3.8, 4) is 0 Å². The third-order valence-corrected chi connectivity index (χ3v) is 3.96. The first-order chi connectivity index (χ1) is 8.19. The van der Waals surface area contributed by atoms with E-state index >= 15 is 0 Å². The highest BCUT2D eigenvalue weighted by atomic mass is 32.1. The second kappa shape index (κ2) is 7.45. The molecule has 2 N–H and O–H groups in total. The molecule has 0 bridgehead atoms. The fourth-order valence-electron chi connectivity index (χ4n) is 1.64. The van der Waals surface area contributed by atoms with Crippen molar-refractivity contribution < 1.29 is 4.79 Å². The molecule has 0 aliphatic carbocycles. The average Bonchev–Trinajstić information content (AvgIpc) is 2.70. The van der Waals surface area contributed by atoms with Crippen LogP contribution in [0.3, 0.4) is 0 Å². The van der Waals surface area contributed by atoms with E-state index in [1.807, 2.05) is 6.07 Å². The summed E-state index contributed by atoms with van der Waals surface area (Å²) in [4.78, 5) is 14.0. The fraction of sp³-hybridized carbons (Fsp3) is 0.615. The van der Waals surface area contributed by atoms with Gasteiger partial charge in [0.1, 0.15) is 0 Å². The highest BCUT2D eigenvalue weighted by molar-refractivity contribution is 7.14. The zero-order chi connectivity index (χ0) is 12.7.